The maximum absolute atomic E-state index is 11.1. The van der Waals surface area contributed by atoms with Crippen LogP contribution in [0.3, 0.4) is 0 Å². The molecule has 0 spiro atoms. The van der Waals surface area contributed by atoms with Gasteiger partial charge in [0, 0.05) is 25.1 Å². The van der Waals surface area contributed by atoms with Crippen molar-refractivity contribution in [3.63, 3.8) is 0 Å². The summed E-state index contributed by atoms with van der Waals surface area (Å²) in [5.41, 5.74) is 5.89. The van der Waals surface area contributed by atoms with Gasteiger partial charge >= 0.3 is 0 Å². The predicted molar refractivity (Wildman–Crippen MR) is 109 cm³/mol. The van der Waals surface area contributed by atoms with E-state index >= 15 is 0 Å². The highest BCUT2D eigenvalue weighted by Gasteiger charge is 2.16. The second-order valence-corrected chi connectivity index (χ2v) is 8.79. The van der Waals surface area contributed by atoms with Crippen molar-refractivity contribution in [1.29, 1.82) is 0 Å². The van der Waals surface area contributed by atoms with Crippen LogP contribution in [-0.4, -0.2) is 18.7 Å². The first-order valence-electron chi connectivity index (χ1n) is 8.65. The van der Waals surface area contributed by atoms with Crippen molar-refractivity contribution in [1.82, 2.24) is 0 Å². The molecule has 6 nitrogen and oxygen atoms in total. The summed E-state index contributed by atoms with van der Waals surface area (Å²) in [6.07, 6.45) is 1.64. The third-order valence-electron chi connectivity index (χ3n) is 4.32. The Morgan fingerprint density at radius 3 is 2.50 bits per heavy atom. The molecule has 0 unspecified atom stereocenters. The van der Waals surface area contributed by atoms with Gasteiger partial charge in [-0.05, 0) is 36.8 Å². The fourth-order valence-corrected chi connectivity index (χ4v) is 4.35. The lowest BCUT2D eigenvalue weighted by atomic mass is 10.2. The Bertz CT molecular complexity index is 1080. The van der Waals surface area contributed by atoms with Gasteiger partial charge in [-0.3, -0.25) is 9.98 Å². The molecular formula is C19H22IN3O3S2. The molecule has 0 bridgehead atoms. The number of aromatic nitrogens is 1. The zero-order chi connectivity index (χ0) is 19.4. The van der Waals surface area contributed by atoms with Crippen LogP contribution in [0.4, 0.5) is 5.69 Å². The van der Waals surface area contributed by atoms with Gasteiger partial charge in [-0.15, -0.1) is 0 Å². The normalized spacial score (nSPS) is 12.0. The average molecular weight is 531 g/mol. The number of benzene rings is 2. The number of rotatable bonds is 7. The van der Waals surface area contributed by atoms with E-state index in [0.29, 0.717) is 5.69 Å². The predicted octanol–water partition coefficient (Wildman–Crippen LogP) is 1.02. The highest BCUT2D eigenvalue weighted by atomic mass is 127. The van der Waals surface area contributed by atoms with E-state index in [1.165, 1.54) is 27.4 Å². The molecule has 150 valence electrons. The van der Waals surface area contributed by atoms with Gasteiger partial charge in [-0.25, -0.2) is 0 Å². The SMILES string of the molecule is CC/C(CC[n+]1c(C)sc2ccccc21)=N/Nc1ccc(S(=O)(=O)O)cc1.[I-]. The first-order chi connectivity index (χ1) is 12.9. The van der Waals surface area contributed by atoms with Crippen LogP contribution in [0.2, 0.25) is 0 Å². The molecule has 1 heterocycles. The van der Waals surface area contributed by atoms with Crippen molar-refractivity contribution in [3.8, 4) is 0 Å². The Hall–Kier alpha value is -1.56. The maximum Gasteiger partial charge on any atom is 0.294 e. The van der Waals surface area contributed by atoms with Crippen molar-refractivity contribution < 1.29 is 41.5 Å². The van der Waals surface area contributed by atoms with Gasteiger partial charge < -0.3 is 24.0 Å². The fraction of sp³-hybridized carbons (Fsp3) is 0.263. The number of anilines is 1. The molecule has 0 aliphatic carbocycles. The molecule has 3 rings (SSSR count). The van der Waals surface area contributed by atoms with Crippen LogP contribution in [-0.2, 0) is 16.7 Å². The Labute approximate surface area is 186 Å². The minimum atomic E-state index is -4.18. The molecule has 0 amide bonds. The van der Waals surface area contributed by atoms with Gasteiger partial charge in [-0.2, -0.15) is 18.1 Å². The molecule has 0 radical (unpaired) electrons. The number of para-hydroxylation sites is 1. The third-order valence-corrected chi connectivity index (χ3v) is 6.27. The lowest BCUT2D eigenvalue weighted by molar-refractivity contribution is -0.671. The summed E-state index contributed by atoms with van der Waals surface area (Å²) < 4.78 is 34.8. The standard InChI is InChI=1S/C19H21N3O3S2.HI/c1-3-15(20-21-16-8-10-17(11-9-16)27(23,24)25)12-13-22-14(2)26-19-7-5-4-6-18(19)22;/h4-11,21H,3,12-13H2,1-2H3;1H/b20-15-;. The topological polar surface area (TPSA) is 82.6 Å². The summed E-state index contributed by atoms with van der Waals surface area (Å²) in [5, 5.41) is 5.72. The van der Waals surface area contributed by atoms with E-state index < -0.39 is 10.1 Å². The molecule has 2 aromatic carbocycles. The quantitative estimate of drug-likeness (QED) is 0.157. The number of hydrazone groups is 1. The molecule has 0 fully saturated rings. The molecule has 0 aliphatic rings. The van der Waals surface area contributed by atoms with Gasteiger partial charge in [0.25, 0.3) is 10.1 Å². The molecule has 9 heteroatoms. The fourth-order valence-electron chi connectivity index (χ4n) is 2.83. The summed E-state index contributed by atoms with van der Waals surface area (Å²) in [5.74, 6) is 0. The van der Waals surface area contributed by atoms with Crippen molar-refractivity contribution >= 4 is 43.1 Å². The largest absolute Gasteiger partial charge is 1.00 e. The number of thiazole rings is 1. The minimum Gasteiger partial charge on any atom is -1.00 e. The molecule has 0 aliphatic heterocycles. The Morgan fingerprint density at radius 1 is 1.18 bits per heavy atom. The van der Waals surface area contributed by atoms with Gasteiger partial charge in [0.2, 0.25) is 10.5 Å². The van der Waals surface area contributed by atoms with E-state index in [9.17, 15) is 8.42 Å². The molecule has 0 saturated heterocycles. The summed E-state index contributed by atoms with van der Waals surface area (Å²) in [6.45, 7) is 5.04. The van der Waals surface area contributed by atoms with Crippen LogP contribution in [0.1, 0.15) is 24.8 Å². The number of fused-ring (bicyclic) bond motifs is 1. The number of aryl methyl sites for hydroxylation is 2. The first kappa shape index (κ1) is 22.7. The van der Waals surface area contributed by atoms with Crippen molar-refractivity contribution in [2.75, 3.05) is 5.43 Å². The third kappa shape index (κ3) is 5.49. The number of hydrogen-bond donors (Lipinski definition) is 2. The average Bonchev–Trinajstić information content (AvgIpc) is 2.97. The smallest absolute Gasteiger partial charge is 0.294 e. The maximum atomic E-state index is 11.1. The van der Waals surface area contributed by atoms with Gasteiger partial charge in [0.15, 0.2) is 6.54 Å². The van der Waals surface area contributed by atoms with Crippen LogP contribution in [0.25, 0.3) is 10.2 Å². The highest BCUT2D eigenvalue weighted by molar-refractivity contribution is 7.85. The Morgan fingerprint density at radius 2 is 1.86 bits per heavy atom. The highest BCUT2D eigenvalue weighted by Crippen LogP contribution is 2.19. The minimum absolute atomic E-state index is 0. The second kappa shape index (κ2) is 9.77. The zero-order valence-electron chi connectivity index (χ0n) is 15.6. The van der Waals surface area contributed by atoms with Crippen molar-refractivity contribution in [3.05, 3.63) is 53.5 Å². The summed E-state index contributed by atoms with van der Waals surface area (Å²) in [6, 6.07) is 14.2. The summed E-state index contributed by atoms with van der Waals surface area (Å²) in [7, 11) is -4.18. The van der Waals surface area contributed by atoms with E-state index in [1.54, 1.807) is 23.5 Å². The van der Waals surface area contributed by atoms with Crippen LogP contribution in [0.5, 0.6) is 0 Å². The molecule has 3 aromatic rings. The number of hydrogen-bond acceptors (Lipinski definition) is 5. The molecular weight excluding hydrogens is 509 g/mol. The van der Waals surface area contributed by atoms with E-state index in [-0.39, 0.29) is 28.9 Å². The van der Waals surface area contributed by atoms with E-state index in [4.69, 9.17) is 4.55 Å². The zero-order valence-corrected chi connectivity index (χ0v) is 19.4. The molecule has 1 aromatic heterocycles. The summed E-state index contributed by atoms with van der Waals surface area (Å²) in [4.78, 5) is -0.135. The lowest BCUT2D eigenvalue weighted by Gasteiger charge is -2.05. The van der Waals surface area contributed by atoms with E-state index in [1.807, 2.05) is 0 Å². The van der Waals surface area contributed by atoms with Gasteiger partial charge in [-0.1, -0.05) is 30.4 Å². The van der Waals surface area contributed by atoms with E-state index in [2.05, 4.69) is 53.2 Å². The first-order valence-corrected chi connectivity index (χ1v) is 10.9. The molecule has 0 saturated carbocycles. The molecule has 2 N–H and O–H groups in total. The number of nitrogens with one attached hydrogen (secondary N) is 1. The van der Waals surface area contributed by atoms with Gasteiger partial charge in [0.05, 0.1) is 10.6 Å². The van der Waals surface area contributed by atoms with Gasteiger partial charge in [0.1, 0.15) is 4.70 Å². The van der Waals surface area contributed by atoms with Crippen LogP contribution in [0.15, 0.2) is 58.5 Å². The second-order valence-electron chi connectivity index (χ2n) is 6.13. The van der Waals surface area contributed by atoms with E-state index in [0.717, 1.165) is 25.1 Å². The number of nitrogens with zero attached hydrogens (tertiary/aromatic N) is 2. The Balaban J connectivity index is 0.00000280. The van der Waals surface area contributed by atoms with Crippen LogP contribution >= 0.6 is 11.3 Å². The number of halogens is 1. The van der Waals surface area contributed by atoms with Crippen LogP contribution < -0.4 is 34.0 Å². The lowest BCUT2D eigenvalue weighted by Crippen LogP contribution is -3.00. The Kier molecular flexibility index (Phi) is 7.93. The summed E-state index contributed by atoms with van der Waals surface area (Å²) >= 11 is 1.79. The monoisotopic (exact) mass is 531 g/mol. The van der Waals surface area contributed by atoms with Crippen molar-refractivity contribution in [2.45, 2.75) is 38.1 Å². The van der Waals surface area contributed by atoms with Crippen LogP contribution in [0, 0.1) is 6.92 Å². The molecule has 28 heavy (non-hydrogen) atoms. The molecule has 0 atom stereocenters. The van der Waals surface area contributed by atoms with Crippen molar-refractivity contribution in [2.24, 2.45) is 5.10 Å².